The van der Waals surface area contributed by atoms with Gasteiger partial charge in [-0.1, -0.05) is 55.5 Å². The van der Waals surface area contributed by atoms with E-state index < -0.39 is 10.0 Å². The summed E-state index contributed by atoms with van der Waals surface area (Å²) in [5.41, 5.74) is 1.18. The van der Waals surface area contributed by atoms with Gasteiger partial charge in [0.05, 0.1) is 4.90 Å². The zero-order valence-electron chi connectivity index (χ0n) is 12.4. The van der Waals surface area contributed by atoms with Gasteiger partial charge in [-0.2, -0.15) is 0 Å². The standard InChI is InChI=1S/C17H21NO2S/c1-3-15(16-10-6-4-7-11-16)14-18(2)21(19,20)17-12-8-5-9-13-17/h4-13,15H,3,14H2,1-2H3/t15-/m1/s1. The lowest BCUT2D eigenvalue weighted by Crippen LogP contribution is -2.31. The van der Waals surface area contributed by atoms with Crippen LogP contribution in [-0.2, 0) is 10.0 Å². The van der Waals surface area contributed by atoms with Crippen LogP contribution in [0.2, 0.25) is 0 Å². The SMILES string of the molecule is CC[C@H](CN(C)S(=O)(=O)c1ccccc1)c1ccccc1. The molecule has 2 aromatic carbocycles. The van der Waals surface area contributed by atoms with Crippen molar-refractivity contribution in [2.75, 3.05) is 13.6 Å². The third-order valence-electron chi connectivity index (χ3n) is 3.69. The Kier molecular flexibility index (Phi) is 5.15. The van der Waals surface area contributed by atoms with Gasteiger partial charge in [0.1, 0.15) is 0 Å². The molecular formula is C17H21NO2S. The first-order chi connectivity index (χ1) is 10.1. The van der Waals surface area contributed by atoms with Crippen molar-refractivity contribution in [1.29, 1.82) is 0 Å². The summed E-state index contributed by atoms with van der Waals surface area (Å²) < 4.78 is 26.5. The Bertz CT molecular complexity index is 654. The summed E-state index contributed by atoms with van der Waals surface area (Å²) in [6.07, 6.45) is 0.901. The number of likely N-dealkylation sites (N-methyl/N-ethyl adjacent to an activating group) is 1. The van der Waals surface area contributed by atoms with Crippen LogP contribution in [0.3, 0.4) is 0 Å². The average molecular weight is 303 g/mol. The van der Waals surface area contributed by atoms with Crippen LogP contribution in [0.5, 0.6) is 0 Å². The third-order valence-corrected chi connectivity index (χ3v) is 5.53. The van der Waals surface area contributed by atoms with Gasteiger partial charge in [0.2, 0.25) is 10.0 Å². The van der Waals surface area contributed by atoms with Crippen molar-refractivity contribution in [2.45, 2.75) is 24.2 Å². The van der Waals surface area contributed by atoms with Crippen molar-refractivity contribution in [3.05, 3.63) is 66.2 Å². The quantitative estimate of drug-likeness (QED) is 0.819. The van der Waals surface area contributed by atoms with Gasteiger partial charge < -0.3 is 0 Å². The molecule has 4 heteroatoms. The number of sulfonamides is 1. The largest absolute Gasteiger partial charge is 0.242 e. The molecule has 0 unspecified atom stereocenters. The Labute approximate surface area is 127 Å². The molecule has 2 rings (SSSR count). The second kappa shape index (κ2) is 6.87. The molecule has 0 N–H and O–H groups in total. The second-order valence-electron chi connectivity index (χ2n) is 5.11. The molecule has 2 aromatic rings. The maximum atomic E-state index is 12.5. The van der Waals surface area contributed by atoms with Gasteiger partial charge >= 0.3 is 0 Å². The van der Waals surface area contributed by atoms with Crippen molar-refractivity contribution in [1.82, 2.24) is 4.31 Å². The van der Waals surface area contributed by atoms with Gasteiger partial charge in [0.25, 0.3) is 0 Å². The van der Waals surface area contributed by atoms with Crippen molar-refractivity contribution in [2.24, 2.45) is 0 Å². The van der Waals surface area contributed by atoms with E-state index in [-0.39, 0.29) is 5.92 Å². The normalized spacial score (nSPS) is 13.3. The van der Waals surface area contributed by atoms with Gasteiger partial charge in [0.15, 0.2) is 0 Å². The monoisotopic (exact) mass is 303 g/mol. The molecule has 0 aliphatic carbocycles. The molecule has 1 atom stereocenters. The summed E-state index contributed by atoms with van der Waals surface area (Å²) in [4.78, 5) is 0.343. The van der Waals surface area contributed by atoms with Gasteiger partial charge in [-0.05, 0) is 30.0 Å². The van der Waals surface area contributed by atoms with Crippen molar-refractivity contribution in [3.63, 3.8) is 0 Å². The highest BCUT2D eigenvalue weighted by Crippen LogP contribution is 2.23. The molecule has 3 nitrogen and oxygen atoms in total. The Morgan fingerprint density at radius 3 is 2.00 bits per heavy atom. The maximum absolute atomic E-state index is 12.5. The zero-order valence-corrected chi connectivity index (χ0v) is 13.3. The maximum Gasteiger partial charge on any atom is 0.242 e. The lowest BCUT2D eigenvalue weighted by atomic mass is 9.97. The Morgan fingerprint density at radius 1 is 0.952 bits per heavy atom. The third kappa shape index (κ3) is 3.71. The predicted octanol–water partition coefficient (Wildman–Crippen LogP) is 3.50. The van der Waals surface area contributed by atoms with E-state index in [1.165, 1.54) is 9.87 Å². The van der Waals surface area contributed by atoms with Crippen LogP contribution in [0.1, 0.15) is 24.8 Å². The first-order valence-electron chi connectivity index (χ1n) is 7.12. The summed E-state index contributed by atoms with van der Waals surface area (Å²) in [7, 11) is -1.77. The van der Waals surface area contributed by atoms with Crippen LogP contribution >= 0.6 is 0 Å². The molecule has 0 radical (unpaired) electrons. The van der Waals surface area contributed by atoms with Crippen LogP contribution in [0.25, 0.3) is 0 Å². The van der Waals surface area contributed by atoms with Gasteiger partial charge in [0, 0.05) is 13.6 Å². The molecule has 0 aromatic heterocycles. The fourth-order valence-electron chi connectivity index (χ4n) is 2.38. The molecule has 0 amide bonds. The minimum absolute atomic E-state index is 0.203. The van der Waals surface area contributed by atoms with Crippen molar-refractivity contribution >= 4 is 10.0 Å². The number of hydrogen-bond acceptors (Lipinski definition) is 2. The highest BCUT2D eigenvalue weighted by atomic mass is 32.2. The minimum atomic E-state index is -3.42. The fraction of sp³-hybridized carbons (Fsp3) is 0.294. The summed E-state index contributed by atoms with van der Waals surface area (Å²) in [5, 5.41) is 0. The number of nitrogens with zero attached hydrogens (tertiary/aromatic N) is 1. The number of rotatable bonds is 6. The smallest absolute Gasteiger partial charge is 0.207 e. The Hall–Kier alpha value is -1.65. The highest BCUT2D eigenvalue weighted by Gasteiger charge is 2.23. The predicted molar refractivity (Wildman–Crippen MR) is 85.7 cm³/mol. The first kappa shape index (κ1) is 15.7. The first-order valence-corrected chi connectivity index (χ1v) is 8.56. The van der Waals surface area contributed by atoms with Gasteiger partial charge in [-0.3, -0.25) is 0 Å². The fourth-order valence-corrected chi connectivity index (χ4v) is 3.61. The molecule has 0 spiro atoms. The van der Waals surface area contributed by atoms with E-state index in [2.05, 4.69) is 19.1 Å². The van der Waals surface area contributed by atoms with E-state index in [1.807, 2.05) is 24.3 Å². The van der Waals surface area contributed by atoms with Crippen LogP contribution < -0.4 is 0 Å². The molecule has 0 fully saturated rings. The minimum Gasteiger partial charge on any atom is -0.207 e. The topological polar surface area (TPSA) is 37.4 Å². The summed E-state index contributed by atoms with van der Waals surface area (Å²) in [5.74, 6) is 0.203. The van der Waals surface area contributed by atoms with Gasteiger partial charge in [-0.15, -0.1) is 0 Å². The Morgan fingerprint density at radius 2 is 1.48 bits per heavy atom. The van der Waals surface area contributed by atoms with E-state index in [0.29, 0.717) is 11.4 Å². The molecule has 21 heavy (non-hydrogen) atoms. The molecule has 112 valence electrons. The second-order valence-corrected chi connectivity index (χ2v) is 7.16. The lowest BCUT2D eigenvalue weighted by molar-refractivity contribution is 0.430. The summed E-state index contributed by atoms with van der Waals surface area (Å²) >= 11 is 0. The van der Waals surface area contributed by atoms with Crippen LogP contribution in [-0.4, -0.2) is 26.3 Å². The Balaban J connectivity index is 2.18. The number of hydrogen-bond donors (Lipinski definition) is 0. The molecule has 0 saturated carbocycles. The van der Waals surface area contributed by atoms with Crippen molar-refractivity contribution in [3.8, 4) is 0 Å². The molecule has 0 aliphatic heterocycles. The molecule has 0 bridgehead atoms. The van der Waals surface area contributed by atoms with Crippen LogP contribution in [0.4, 0.5) is 0 Å². The lowest BCUT2D eigenvalue weighted by Gasteiger charge is -2.23. The van der Waals surface area contributed by atoms with Crippen LogP contribution in [0, 0.1) is 0 Å². The summed E-state index contributed by atoms with van der Waals surface area (Å²) in [6, 6.07) is 18.6. The molecule has 0 aliphatic rings. The summed E-state index contributed by atoms with van der Waals surface area (Å²) in [6.45, 7) is 2.57. The number of benzene rings is 2. The molecular weight excluding hydrogens is 282 g/mol. The highest BCUT2D eigenvalue weighted by molar-refractivity contribution is 7.89. The molecule has 0 saturated heterocycles. The van der Waals surface area contributed by atoms with Crippen molar-refractivity contribution < 1.29 is 8.42 Å². The molecule has 0 heterocycles. The van der Waals surface area contributed by atoms with E-state index in [0.717, 1.165) is 6.42 Å². The van der Waals surface area contributed by atoms with Gasteiger partial charge in [-0.25, -0.2) is 12.7 Å². The van der Waals surface area contributed by atoms with E-state index >= 15 is 0 Å². The zero-order chi connectivity index (χ0) is 15.3. The average Bonchev–Trinajstić information content (AvgIpc) is 2.54. The van der Waals surface area contributed by atoms with E-state index in [9.17, 15) is 8.42 Å². The van der Waals surface area contributed by atoms with E-state index in [1.54, 1.807) is 31.3 Å². The van der Waals surface area contributed by atoms with Crippen LogP contribution in [0.15, 0.2) is 65.6 Å². The van der Waals surface area contributed by atoms with E-state index in [4.69, 9.17) is 0 Å².